The van der Waals surface area contributed by atoms with Gasteiger partial charge in [-0.05, 0) is 35.4 Å². The Labute approximate surface area is 231 Å². The molecule has 6 heteroatoms. The van der Waals surface area contributed by atoms with Gasteiger partial charge in [0.2, 0.25) is 5.91 Å². The molecule has 3 heterocycles. The van der Waals surface area contributed by atoms with Crippen LogP contribution in [0.15, 0.2) is 109 Å². The van der Waals surface area contributed by atoms with E-state index in [1.54, 1.807) is 43.5 Å². The van der Waals surface area contributed by atoms with Crippen molar-refractivity contribution in [3.8, 4) is 5.75 Å². The first-order valence-electron chi connectivity index (χ1n) is 13.3. The fourth-order valence-corrected chi connectivity index (χ4v) is 6.85. The minimum Gasteiger partial charge on any atom is -0.497 e. The van der Waals surface area contributed by atoms with Crippen molar-refractivity contribution in [3.05, 3.63) is 131 Å². The molecule has 40 heavy (non-hydrogen) atoms. The number of nitrogens with zero attached hydrogens (tertiary/aromatic N) is 1. The van der Waals surface area contributed by atoms with Crippen molar-refractivity contribution in [1.82, 2.24) is 0 Å². The molecule has 4 aromatic rings. The molecule has 0 saturated carbocycles. The Hall–Kier alpha value is -4.97. The first kappa shape index (κ1) is 24.1. The zero-order chi connectivity index (χ0) is 27.4. The molecule has 1 spiro atoms. The van der Waals surface area contributed by atoms with E-state index in [0.29, 0.717) is 22.6 Å². The second kappa shape index (κ2) is 9.06. The number of Topliss-reactive ketones (excluding diaryl/α,β-unsaturated/α-hetero) is 2. The highest BCUT2D eigenvalue weighted by molar-refractivity contribution is 6.18. The van der Waals surface area contributed by atoms with E-state index in [9.17, 15) is 14.4 Å². The molecule has 0 unspecified atom stereocenters. The molecule has 1 saturated heterocycles. The third-order valence-corrected chi connectivity index (χ3v) is 8.51. The van der Waals surface area contributed by atoms with Crippen LogP contribution in [-0.4, -0.2) is 36.7 Å². The molecule has 3 aliphatic rings. The number of rotatable bonds is 5. The summed E-state index contributed by atoms with van der Waals surface area (Å²) in [5.74, 6) is -1.25. The van der Waals surface area contributed by atoms with Crippen LogP contribution in [0.2, 0.25) is 0 Å². The number of benzene rings is 4. The van der Waals surface area contributed by atoms with E-state index >= 15 is 0 Å². The summed E-state index contributed by atoms with van der Waals surface area (Å²) in [7, 11) is 1.55. The van der Waals surface area contributed by atoms with Crippen LogP contribution in [-0.2, 0) is 10.2 Å². The van der Waals surface area contributed by atoms with Gasteiger partial charge in [0.25, 0.3) is 0 Å². The van der Waals surface area contributed by atoms with Crippen LogP contribution in [0.3, 0.4) is 0 Å². The topological polar surface area (TPSA) is 75.7 Å². The highest BCUT2D eigenvalue weighted by atomic mass is 16.5. The lowest BCUT2D eigenvalue weighted by molar-refractivity contribution is -0.121. The summed E-state index contributed by atoms with van der Waals surface area (Å²) in [4.78, 5) is 45.7. The maximum atomic E-state index is 14.8. The molecule has 3 aliphatic heterocycles. The van der Waals surface area contributed by atoms with E-state index in [2.05, 4.69) is 5.32 Å². The molecule has 1 N–H and O–H groups in total. The average molecular weight is 527 g/mol. The zero-order valence-corrected chi connectivity index (χ0v) is 21.8. The van der Waals surface area contributed by atoms with Crippen molar-refractivity contribution in [2.45, 2.75) is 17.5 Å². The molecule has 0 bridgehead atoms. The molecule has 7 rings (SSSR count). The Kier molecular flexibility index (Phi) is 5.46. The third-order valence-electron chi connectivity index (χ3n) is 8.51. The van der Waals surface area contributed by atoms with Crippen LogP contribution in [0, 0.1) is 5.92 Å². The highest BCUT2D eigenvalue weighted by Gasteiger charge is 2.70. The largest absolute Gasteiger partial charge is 0.497 e. The molecule has 4 atom stereocenters. The van der Waals surface area contributed by atoms with Gasteiger partial charge in [0, 0.05) is 22.5 Å². The molecule has 0 aliphatic carbocycles. The van der Waals surface area contributed by atoms with E-state index < -0.39 is 23.4 Å². The van der Waals surface area contributed by atoms with Gasteiger partial charge in [0.05, 0.1) is 19.1 Å². The van der Waals surface area contributed by atoms with E-state index in [1.807, 2.05) is 83.8 Å². The Balaban J connectivity index is 1.54. The average Bonchev–Trinajstić information content (AvgIpc) is 3.49. The molecule has 0 radical (unpaired) electrons. The monoisotopic (exact) mass is 526 g/mol. The summed E-state index contributed by atoms with van der Waals surface area (Å²) in [6.07, 6.45) is 3.98. The number of nitrogens with one attached hydrogen (secondary N) is 1. The number of amides is 1. The number of hydrogen-bond donors (Lipinski definition) is 1. The fraction of sp³-hybridized carbons (Fsp3) is 0.147. The molecule has 1 fully saturated rings. The lowest BCUT2D eigenvalue weighted by atomic mass is 9.64. The quantitative estimate of drug-likeness (QED) is 0.345. The molecule has 1 amide bonds. The summed E-state index contributed by atoms with van der Waals surface area (Å²) in [5, 5.41) is 3.06. The fourth-order valence-electron chi connectivity index (χ4n) is 6.85. The van der Waals surface area contributed by atoms with E-state index in [-0.39, 0.29) is 17.5 Å². The number of para-hydroxylation sites is 2. The maximum Gasteiger partial charge on any atom is 0.238 e. The Morgan fingerprint density at radius 3 is 2.38 bits per heavy atom. The van der Waals surface area contributed by atoms with E-state index in [1.165, 1.54) is 0 Å². The molecule has 6 nitrogen and oxygen atoms in total. The molecular weight excluding hydrogens is 500 g/mol. The van der Waals surface area contributed by atoms with Gasteiger partial charge in [0.1, 0.15) is 17.2 Å². The predicted molar refractivity (Wildman–Crippen MR) is 154 cm³/mol. The summed E-state index contributed by atoms with van der Waals surface area (Å²) in [6, 6.07) is 29.8. The lowest BCUT2D eigenvalue weighted by Gasteiger charge is -2.37. The van der Waals surface area contributed by atoms with Gasteiger partial charge in [-0.1, -0.05) is 91.0 Å². The van der Waals surface area contributed by atoms with Crippen molar-refractivity contribution < 1.29 is 19.1 Å². The number of hydrogen-bond acceptors (Lipinski definition) is 5. The number of carbonyl (C=O) groups is 3. The van der Waals surface area contributed by atoms with Crippen molar-refractivity contribution in [1.29, 1.82) is 0 Å². The van der Waals surface area contributed by atoms with Gasteiger partial charge in [-0.3, -0.25) is 14.4 Å². The molecule has 0 aromatic heterocycles. The minimum atomic E-state index is -1.34. The summed E-state index contributed by atoms with van der Waals surface area (Å²) < 4.78 is 5.43. The van der Waals surface area contributed by atoms with Gasteiger partial charge in [-0.2, -0.15) is 0 Å². The smallest absolute Gasteiger partial charge is 0.238 e. The predicted octanol–water partition coefficient (Wildman–Crippen LogP) is 5.55. The van der Waals surface area contributed by atoms with E-state index in [0.717, 1.165) is 16.8 Å². The lowest BCUT2D eigenvalue weighted by Crippen LogP contribution is -2.51. The Bertz CT molecular complexity index is 1710. The first-order chi connectivity index (χ1) is 19.6. The van der Waals surface area contributed by atoms with Crippen LogP contribution in [0.25, 0.3) is 6.08 Å². The van der Waals surface area contributed by atoms with Gasteiger partial charge < -0.3 is 15.0 Å². The molecular formula is C34H26N2O4. The number of anilines is 2. The number of fused-ring (bicyclic) bond motifs is 6. The van der Waals surface area contributed by atoms with Crippen LogP contribution in [0.1, 0.15) is 31.8 Å². The van der Waals surface area contributed by atoms with Gasteiger partial charge >= 0.3 is 0 Å². The van der Waals surface area contributed by atoms with Crippen molar-refractivity contribution in [2.75, 3.05) is 17.3 Å². The van der Waals surface area contributed by atoms with Gasteiger partial charge in [-0.25, -0.2) is 0 Å². The maximum absolute atomic E-state index is 14.8. The standard InChI is InChI=1S/C34H26N2O4/c1-40-24-14-9-13-23(20-24)31(37)29-30(32(38)22-11-3-2-4-12-22)36-27-17-8-5-10-21(27)18-19-28(36)34(29)25-15-6-7-16-26(25)35-33(34)39/h2-20,28-30H,1H3,(H,35,39)/t28-,29-,30+,34-/m0/s1. The first-order valence-corrected chi connectivity index (χ1v) is 13.3. The van der Waals surface area contributed by atoms with Crippen molar-refractivity contribution in [3.63, 3.8) is 0 Å². The van der Waals surface area contributed by atoms with Gasteiger partial charge in [0.15, 0.2) is 11.6 Å². The summed E-state index contributed by atoms with van der Waals surface area (Å²) >= 11 is 0. The van der Waals surface area contributed by atoms with Crippen molar-refractivity contribution >= 4 is 34.9 Å². The number of ketones is 2. The summed E-state index contributed by atoms with van der Waals surface area (Å²) in [5.41, 5.74) is 2.69. The van der Waals surface area contributed by atoms with Crippen LogP contribution < -0.4 is 15.0 Å². The Morgan fingerprint density at radius 2 is 1.55 bits per heavy atom. The number of carbonyl (C=O) groups excluding carboxylic acids is 3. The van der Waals surface area contributed by atoms with Crippen LogP contribution in [0.4, 0.5) is 11.4 Å². The number of methoxy groups -OCH3 is 1. The van der Waals surface area contributed by atoms with E-state index in [4.69, 9.17) is 4.74 Å². The SMILES string of the molecule is COc1cccc(C(=O)[C@@H]2[C@H](C(=O)c3ccccc3)N3c4ccccc4C=C[C@H]3[C@]23C(=O)Nc2ccccc23)c1. The van der Waals surface area contributed by atoms with Crippen LogP contribution >= 0.6 is 0 Å². The molecule has 196 valence electrons. The molecule has 4 aromatic carbocycles. The minimum absolute atomic E-state index is 0.203. The number of ether oxygens (including phenoxy) is 1. The summed E-state index contributed by atoms with van der Waals surface area (Å²) in [6.45, 7) is 0. The van der Waals surface area contributed by atoms with Crippen molar-refractivity contribution in [2.24, 2.45) is 5.92 Å². The highest BCUT2D eigenvalue weighted by Crippen LogP contribution is 2.58. The zero-order valence-electron chi connectivity index (χ0n) is 21.8. The third kappa shape index (κ3) is 3.26. The van der Waals surface area contributed by atoms with Gasteiger partial charge in [-0.15, -0.1) is 0 Å². The second-order valence-electron chi connectivity index (χ2n) is 10.4. The second-order valence-corrected chi connectivity index (χ2v) is 10.4. The Morgan fingerprint density at radius 1 is 0.825 bits per heavy atom. The van der Waals surface area contributed by atoms with Crippen LogP contribution in [0.5, 0.6) is 5.75 Å². The normalized spacial score (nSPS) is 23.8.